The number of carbonyl (C=O) groups excluding carboxylic acids is 1. The molecule has 0 saturated heterocycles. The second-order valence-corrected chi connectivity index (χ2v) is 23.5. The molecule has 2 aliphatic rings. The molecule has 2 N–H and O–H groups in total. The zero-order valence-electron chi connectivity index (χ0n) is 42.6. The van der Waals surface area contributed by atoms with Gasteiger partial charge >= 0.3 is 0 Å². The van der Waals surface area contributed by atoms with Crippen molar-refractivity contribution >= 4 is 63.2 Å². The minimum Gasteiger partial charge on any atom is -0.354 e. The van der Waals surface area contributed by atoms with Gasteiger partial charge in [-0.1, -0.05) is 168 Å². The number of H-pyrrole nitrogens is 2. The molecule has 0 saturated carbocycles. The van der Waals surface area contributed by atoms with E-state index in [2.05, 4.69) is 233 Å². The van der Waals surface area contributed by atoms with Crippen molar-refractivity contribution in [3.05, 3.63) is 165 Å². The first-order valence-corrected chi connectivity index (χ1v) is 24.6. The third-order valence-corrected chi connectivity index (χ3v) is 13.9. The second kappa shape index (κ2) is 17.4. The lowest BCUT2D eigenvalue weighted by Gasteiger charge is -2.23. The van der Waals surface area contributed by atoms with Crippen molar-refractivity contribution in [2.24, 2.45) is 0 Å². The lowest BCUT2D eigenvalue weighted by atomic mass is 9.81. The van der Waals surface area contributed by atoms with Crippen LogP contribution in [0.1, 0.15) is 139 Å². The fourth-order valence-electron chi connectivity index (χ4n) is 9.73. The van der Waals surface area contributed by atoms with Crippen molar-refractivity contribution in [2.45, 2.75) is 118 Å². The summed E-state index contributed by atoms with van der Waals surface area (Å²) in [7, 11) is 0. The maximum atomic E-state index is 13.0. The molecule has 0 fully saturated rings. The lowest BCUT2D eigenvalue weighted by Crippen LogP contribution is -2.13. The van der Waals surface area contributed by atoms with Crippen LogP contribution in [-0.4, -0.2) is 25.2 Å². The van der Waals surface area contributed by atoms with E-state index in [0.717, 1.165) is 106 Å². The average Bonchev–Trinajstić information content (AvgIpc) is 4.12. The van der Waals surface area contributed by atoms with Gasteiger partial charge in [0.2, 0.25) is 5.24 Å². The van der Waals surface area contributed by atoms with Crippen molar-refractivity contribution in [1.82, 2.24) is 19.9 Å². The highest BCUT2D eigenvalue weighted by Crippen LogP contribution is 2.42. The standard InChI is InChI=1S/C63H65ClN4O/c1-37-34-45(63(11,12)13)35-41(36-54(64)69)55(37)59-52-32-30-50(67-52)57(39-16-22-43(23-17-39)61(5,6)7)48-28-26-46(65-48)56(38-14-20-42(21-15-38)60(2,3)4)47-27-29-49(66-47)58(51-31-33-53(59)68-51)40-18-24-44(25-19-40)62(8,9)10/h14-35,65-66H,36H2,1-13H3. The van der Waals surface area contributed by atoms with Gasteiger partial charge in [-0.3, -0.25) is 4.79 Å². The van der Waals surface area contributed by atoms with E-state index in [0.29, 0.717) is 0 Å². The molecule has 69 heavy (non-hydrogen) atoms. The summed E-state index contributed by atoms with van der Waals surface area (Å²) in [6.07, 6.45) is 8.52. The molecule has 0 amide bonds. The van der Waals surface area contributed by atoms with Crippen LogP contribution in [0.3, 0.4) is 0 Å². The third-order valence-electron chi connectivity index (χ3n) is 13.7. The van der Waals surface area contributed by atoms with Gasteiger partial charge in [-0.15, -0.1) is 0 Å². The Kier molecular flexibility index (Phi) is 12.0. The van der Waals surface area contributed by atoms with Crippen LogP contribution in [0.25, 0.3) is 90.9 Å². The van der Waals surface area contributed by atoms with E-state index in [-0.39, 0.29) is 28.1 Å². The predicted molar refractivity (Wildman–Crippen MR) is 295 cm³/mol. The maximum Gasteiger partial charge on any atom is 0.226 e. The van der Waals surface area contributed by atoms with Crippen LogP contribution < -0.4 is 0 Å². The van der Waals surface area contributed by atoms with Crippen molar-refractivity contribution in [1.29, 1.82) is 0 Å². The number of hydrogen-bond acceptors (Lipinski definition) is 3. The number of nitrogens with zero attached hydrogens (tertiary/aromatic N) is 2. The number of aromatic amines is 2. The van der Waals surface area contributed by atoms with E-state index in [4.69, 9.17) is 21.6 Å². The van der Waals surface area contributed by atoms with Gasteiger partial charge in [-0.25, -0.2) is 9.97 Å². The predicted octanol–water partition coefficient (Wildman–Crippen LogP) is 17.1. The normalized spacial score (nSPS) is 13.1. The fourth-order valence-corrected chi connectivity index (χ4v) is 9.88. The van der Waals surface area contributed by atoms with Crippen molar-refractivity contribution in [2.75, 3.05) is 0 Å². The number of aryl methyl sites for hydroxylation is 1. The quantitative estimate of drug-likeness (QED) is 0.163. The van der Waals surface area contributed by atoms with E-state index in [1.165, 1.54) is 16.7 Å². The van der Waals surface area contributed by atoms with E-state index < -0.39 is 5.24 Å². The highest BCUT2D eigenvalue weighted by atomic mass is 35.5. The Morgan fingerprint density at radius 1 is 0.420 bits per heavy atom. The van der Waals surface area contributed by atoms with Crippen LogP contribution in [-0.2, 0) is 32.9 Å². The fraction of sp³-hybridized carbons (Fsp3) is 0.286. The molecule has 0 spiro atoms. The van der Waals surface area contributed by atoms with Crippen LogP contribution in [0.4, 0.5) is 0 Å². The molecule has 0 unspecified atom stereocenters. The maximum absolute atomic E-state index is 13.0. The van der Waals surface area contributed by atoms with Crippen LogP contribution in [0.2, 0.25) is 0 Å². The summed E-state index contributed by atoms with van der Waals surface area (Å²) in [5.74, 6) is 0. The van der Waals surface area contributed by atoms with Gasteiger partial charge in [0.15, 0.2) is 0 Å². The Balaban J connectivity index is 1.46. The Morgan fingerprint density at radius 2 is 0.739 bits per heavy atom. The van der Waals surface area contributed by atoms with Crippen LogP contribution in [0.15, 0.2) is 109 Å². The summed E-state index contributed by atoms with van der Waals surface area (Å²) in [4.78, 5) is 32.0. The topological polar surface area (TPSA) is 74.4 Å². The molecule has 9 rings (SSSR count). The average molecular weight is 930 g/mol. The lowest BCUT2D eigenvalue weighted by molar-refractivity contribution is -0.111. The monoisotopic (exact) mass is 928 g/mol. The molecule has 2 aliphatic heterocycles. The molecule has 8 bridgehead atoms. The van der Waals surface area contributed by atoms with E-state index in [1.807, 2.05) is 0 Å². The highest BCUT2D eigenvalue weighted by molar-refractivity contribution is 6.63. The van der Waals surface area contributed by atoms with Gasteiger partial charge in [-0.2, -0.15) is 0 Å². The van der Waals surface area contributed by atoms with Gasteiger partial charge in [-0.05, 0) is 144 Å². The molecule has 0 atom stereocenters. The minimum absolute atomic E-state index is 0.00738. The second-order valence-electron chi connectivity index (χ2n) is 23.1. The summed E-state index contributed by atoms with van der Waals surface area (Å²) < 4.78 is 0. The van der Waals surface area contributed by atoms with Crippen molar-refractivity contribution in [3.8, 4) is 44.5 Å². The number of rotatable bonds is 6. The van der Waals surface area contributed by atoms with Crippen LogP contribution >= 0.6 is 11.6 Å². The summed E-state index contributed by atoms with van der Waals surface area (Å²) in [6.45, 7) is 28.9. The number of fused-ring (bicyclic) bond motifs is 8. The van der Waals surface area contributed by atoms with Gasteiger partial charge in [0.05, 0.1) is 22.8 Å². The highest BCUT2D eigenvalue weighted by Gasteiger charge is 2.26. The summed E-state index contributed by atoms with van der Waals surface area (Å²) in [5.41, 5.74) is 21.6. The zero-order chi connectivity index (χ0) is 49.4. The SMILES string of the molecule is Cc1cc(C(C)(C)C)cc(CC(=O)Cl)c1-c1c2nc(c(-c3ccc(C(C)(C)C)cc3)c3ccc([nH]3)c(-c3ccc(C(C)(C)C)cc3)c3ccc([nH]3)c(-c3ccc(C(C)(C)C)cc3)c3nc1C=C3)C=C2. The van der Waals surface area contributed by atoms with E-state index in [1.54, 1.807) is 0 Å². The molecule has 4 aromatic carbocycles. The molecular formula is C63H65ClN4O. The van der Waals surface area contributed by atoms with E-state index >= 15 is 0 Å². The largest absolute Gasteiger partial charge is 0.354 e. The van der Waals surface area contributed by atoms with Crippen LogP contribution in [0, 0.1) is 6.92 Å². The molecule has 350 valence electrons. The molecule has 5 nitrogen and oxygen atoms in total. The van der Waals surface area contributed by atoms with E-state index in [9.17, 15) is 4.79 Å². The summed E-state index contributed by atoms with van der Waals surface area (Å²) in [5, 5.41) is -0.419. The first-order valence-electron chi connectivity index (χ1n) is 24.3. The number of carbonyl (C=O) groups is 1. The Bertz CT molecular complexity index is 3230. The van der Waals surface area contributed by atoms with Gasteiger partial charge in [0.1, 0.15) is 0 Å². The molecule has 0 radical (unpaired) electrons. The molecule has 5 heterocycles. The molecule has 0 aliphatic carbocycles. The van der Waals surface area contributed by atoms with Crippen molar-refractivity contribution in [3.63, 3.8) is 0 Å². The first-order chi connectivity index (χ1) is 32.4. The number of aromatic nitrogens is 4. The summed E-state index contributed by atoms with van der Waals surface area (Å²) in [6, 6.07) is 40.0. The number of benzene rings is 4. The number of halogens is 1. The Labute approximate surface area is 413 Å². The Morgan fingerprint density at radius 3 is 1.07 bits per heavy atom. The zero-order valence-corrected chi connectivity index (χ0v) is 43.3. The van der Waals surface area contributed by atoms with Gasteiger partial charge < -0.3 is 9.97 Å². The smallest absolute Gasteiger partial charge is 0.226 e. The summed E-state index contributed by atoms with van der Waals surface area (Å²) >= 11 is 6.32. The molecule has 7 aromatic rings. The molecule has 6 heteroatoms. The number of nitrogens with one attached hydrogen (secondary N) is 2. The Hall–Kier alpha value is -6.56. The van der Waals surface area contributed by atoms with Gasteiger partial charge in [0.25, 0.3) is 0 Å². The molecular weight excluding hydrogens is 864 g/mol. The first kappa shape index (κ1) is 47.5. The molecule has 3 aromatic heterocycles. The minimum atomic E-state index is -0.419. The van der Waals surface area contributed by atoms with Crippen LogP contribution in [0.5, 0.6) is 0 Å². The number of hydrogen-bond donors (Lipinski definition) is 2. The van der Waals surface area contributed by atoms with Crippen molar-refractivity contribution < 1.29 is 4.79 Å². The van der Waals surface area contributed by atoms with Gasteiger partial charge in [0, 0.05) is 50.7 Å². The third kappa shape index (κ3) is 9.47.